The van der Waals surface area contributed by atoms with Gasteiger partial charge in [-0.2, -0.15) is 0 Å². The molecule has 3 N–H and O–H groups in total. The molecule has 5 nitrogen and oxygen atoms in total. The summed E-state index contributed by atoms with van der Waals surface area (Å²) in [6.45, 7) is 2.18. The fourth-order valence-electron chi connectivity index (χ4n) is 2.10. The molecular weight excluding hydrogens is 369 g/mol. The number of benzene rings is 1. The number of rotatable bonds is 5. The van der Waals surface area contributed by atoms with Gasteiger partial charge in [0.2, 0.25) is 0 Å². The highest BCUT2D eigenvalue weighted by atomic mass is 127. The number of hydrogen-bond donors (Lipinski definition) is 2. The van der Waals surface area contributed by atoms with Crippen LogP contribution in [0.5, 0.6) is 11.5 Å². The topological polar surface area (TPSA) is 68.9 Å². The Morgan fingerprint density at radius 3 is 2.60 bits per heavy atom. The SMILES string of the molecule is CC[C@@H]1C[C@H]1N=C(N)Nc1ccc(OC)c(OC)c1.I. The molecule has 0 aliphatic heterocycles. The molecular formula is C14H22IN3O2. The summed E-state index contributed by atoms with van der Waals surface area (Å²) in [5, 5.41) is 3.08. The third-order valence-corrected chi connectivity index (χ3v) is 3.37. The number of guanidine groups is 1. The van der Waals surface area contributed by atoms with Crippen LogP contribution in [0.1, 0.15) is 19.8 Å². The fraction of sp³-hybridized carbons (Fsp3) is 0.500. The van der Waals surface area contributed by atoms with Gasteiger partial charge in [-0.3, -0.25) is 0 Å². The van der Waals surface area contributed by atoms with Gasteiger partial charge in [-0.05, 0) is 24.5 Å². The van der Waals surface area contributed by atoms with Gasteiger partial charge in [0.15, 0.2) is 17.5 Å². The predicted molar refractivity (Wildman–Crippen MR) is 92.4 cm³/mol. The summed E-state index contributed by atoms with van der Waals surface area (Å²) in [6.07, 6.45) is 2.31. The van der Waals surface area contributed by atoms with E-state index in [0.717, 1.165) is 18.5 Å². The number of nitrogens with two attached hydrogens (primary N) is 1. The molecule has 0 unspecified atom stereocenters. The van der Waals surface area contributed by atoms with Gasteiger partial charge in [0, 0.05) is 11.8 Å². The molecule has 1 aliphatic carbocycles. The molecule has 20 heavy (non-hydrogen) atoms. The first-order chi connectivity index (χ1) is 9.17. The van der Waals surface area contributed by atoms with Crippen molar-refractivity contribution in [1.82, 2.24) is 0 Å². The number of anilines is 1. The molecule has 0 heterocycles. The van der Waals surface area contributed by atoms with Crippen molar-refractivity contribution in [2.24, 2.45) is 16.6 Å². The van der Waals surface area contributed by atoms with E-state index in [-0.39, 0.29) is 24.0 Å². The van der Waals surface area contributed by atoms with Crippen LogP contribution in [-0.4, -0.2) is 26.2 Å². The Morgan fingerprint density at radius 1 is 1.35 bits per heavy atom. The van der Waals surface area contributed by atoms with Crippen molar-refractivity contribution in [3.8, 4) is 11.5 Å². The molecule has 2 rings (SSSR count). The first-order valence-corrected chi connectivity index (χ1v) is 6.50. The number of aliphatic imine (C=N–C) groups is 1. The molecule has 0 radical (unpaired) electrons. The zero-order chi connectivity index (χ0) is 13.8. The predicted octanol–water partition coefficient (Wildman–Crippen LogP) is 2.85. The van der Waals surface area contributed by atoms with E-state index in [1.165, 1.54) is 0 Å². The molecule has 2 atom stereocenters. The Hall–Kier alpha value is -1.18. The Labute approximate surface area is 137 Å². The molecule has 0 amide bonds. The van der Waals surface area contributed by atoms with Crippen LogP contribution < -0.4 is 20.5 Å². The average Bonchev–Trinajstić information content (AvgIpc) is 3.16. The summed E-state index contributed by atoms with van der Waals surface area (Å²) in [6, 6.07) is 5.94. The summed E-state index contributed by atoms with van der Waals surface area (Å²) in [4.78, 5) is 4.45. The summed E-state index contributed by atoms with van der Waals surface area (Å²) >= 11 is 0. The zero-order valence-electron chi connectivity index (χ0n) is 12.1. The normalized spacial score (nSPS) is 20.9. The third kappa shape index (κ3) is 4.16. The number of halogens is 1. The highest BCUT2D eigenvalue weighted by molar-refractivity contribution is 14.0. The van der Waals surface area contributed by atoms with Crippen LogP contribution in [0, 0.1) is 5.92 Å². The van der Waals surface area contributed by atoms with Gasteiger partial charge in [-0.15, -0.1) is 24.0 Å². The van der Waals surface area contributed by atoms with Crippen molar-refractivity contribution in [2.75, 3.05) is 19.5 Å². The van der Waals surface area contributed by atoms with E-state index in [9.17, 15) is 0 Å². The second-order valence-corrected chi connectivity index (χ2v) is 4.68. The molecule has 0 saturated heterocycles. The number of nitrogens with zero attached hydrogens (tertiary/aromatic N) is 1. The molecule has 112 valence electrons. The fourth-order valence-corrected chi connectivity index (χ4v) is 2.10. The van der Waals surface area contributed by atoms with Crippen LogP contribution in [0.4, 0.5) is 5.69 Å². The lowest BCUT2D eigenvalue weighted by atomic mass is 10.3. The Balaban J connectivity index is 0.00000200. The quantitative estimate of drug-likeness (QED) is 0.460. The molecule has 0 aromatic heterocycles. The minimum Gasteiger partial charge on any atom is -0.493 e. The highest BCUT2D eigenvalue weighted by Crippen LogP contribution is 2.36. The lowest BCUT2D eigenvalue weighted by Crippen LogP contribution is -2.23. The minimum absolute atomic E-state index is 0. The van der Waals surface area contributed by atoms with Crippen molar-refractivity contribution >= 4 is 35.6 Å². The second-order valence-electron chi connectivity index (χ2n) is 4.68. The van der Waals surface area contributed by atoms with Crippen molar-refractivity contribution in [1.29, 1.82) is 0 Å². The maximum Gasteiger partial charge on any atom is 0.193 e. The maximum absolute atomic E-state index is 5.89. The Kier molecular flexibility index (Phi) is 6.38. The van der Waals surface area contributed by atoms with Crippen LogP contribution in [0.3, 0.4) is 0 Å². The average molecular weight is 391 g/mol. The van der Waals surface area contributed by atoms with Crippen LogP contribution in [0.2, 0.25) is 0 Å². The van der Waals surface area contributed by atoms with Crippen molar-refractivity contribution < 1.29 is 9.47 Å². The summed E-state index contributed by atoms with van der Waals surface area (Å²) in [7, 11) is 3.22. The Bertz CT molecular complexity index is 479. The smallest absolute Gasteiger partial charge is 0.193 e. The van der Waals surface area contributed by atoms with Gasteiger partial charge in [-0.25, -0.2) is 4.99 Å². The summed E-state index contributed by atoms with van der Waals surface area (Å²) in [5.74, 6) is 2.51. The zero-order valence-corrected chi connectivity index (χ0v) is 14.4. The maximum atomic E-state index is 5.89. The van der Waals surface area contributed by atoms with Gasteiger partial charge >= 0.3 is 0 Å². The van der Waals surface area contributed by atoms with Crippen molar-refractivity contribution in [3.05, 3.63) is 18.2 Å². The van der Waals surface area contributed by atoms with E-state index in [1.807, 2.05) is 18.2 Å². The molecule has 1 aromatic rings. The van der Waals surface area contributed by atoms with Crippen molar-refractivity contribution in [3.63, 3.8) is 0 Å². The van der Waals surface area contributed by atoms with E-state index in [1.54, 1.807) is 14.2 Å². The van der Waals surface area contributed by atoms with Gasteiger partial charge in [0.25, 0.3) is 0 Å². The lowest BCUT2D eigenvalue weighted by Gasteiger charge is -2.10. The Morgan fingerprint density at radius 2 is 2.05 bits per heavy atom. The molecule has 1 saturated carbocycles. The molecule has 0 bridgehead atoms. The lowest BCUT2D eigenvalue weighted by molar-refractivity contribution is 0.355. The van der Waals surface area contributed by atoms with Gasteiger partial charge in [0.05, 0.1) is 20.3 Å². The molecule has 1 fully saturated rings. The van der Waals surface area contributed by atoms with Gasteiger partial charge in [-0.1, -0.05) is 13.3 Å². The van der Waals surface area contributed by atoms with E-state index in [0.29, 0.717) is 29.4 Å². The number of methoxy groups -OCH3 is 2. The molecule has 0 spiro atoms. The first kappa shape index (κ1) is 16.9. The number of nitrogens with one attached hydrogen (secondary N) is 1. The third-order valence-electron chi connectivity index (χ3n) is 3.37. The van der Waals surface area contributed by atoms with E-state index in [4.69, 9.17) is 15.2 Å². The minimum atomic E-state index is 0. The number of ether oxygens (including phenoxy) is 2. The van der Waals surface area contributed by atoms with Gasteiger partial charge in [0.1, 0.15) is 0 Å². The highest BCUT2D eigenvalue weighted by Gasteiger charge is 2.35. The van der Waals surface area contributed by atoms with Crippen LogP contribution in [0.25, 0.3) is 0 Å². The van der Waals surface area contributed by atoms with Gasteiger partial charge < -0.3 is 20.5 Å². The summed E-state index contributed by atoms with van der Waals surface area (Å²) in [5.41, 5.74) is 6.73. The van der Waals surface area contributed by atoms with E-state index < -0.39 is 0 Å². The van der Waals surface area contributed by atoms with Crippen LogP contribution in [-0.2, 0) is 0 Å². The largest absolute Gasteiger partial charge is 0.493 e. The number of hydrogen-bond acceptors (Lipinski definition) is 3. The van der Waals surface area contributed by atoms with E-state index >= 15 is 0 Å². The first-order valence-electron chi connectivity index (χ1n) is 6.50. The molecule has 6 heteroatoms. The van der Waals surface area contributed by atoms with Crippen LogP contribution >= 0.6 is 24.0 Å². The standard InChI is InChI=1S/C14H21N3O2.HI/c1-4-9-7-11(9)17-14(15)16-10-5-6-12(18-2)13(8-10)19-3;/h5-6,8-9,11H,4,7H2,1-3H3,(H3,15,16,17);1H/t9-,11-;/m1./s1. The summed E-state index contributed by atoms with van der Waals surface area (Å²) < 4.78 is 10.4. The monoisotopic (exact) mass is 391 g/mol. The van der Waals surface area contributed by atoms with Crippen LogP contribution in [0.15, 0.2) is 23.2 Å². The molecule has 1 aliphatic rings. The van der Waals surface area contributed by atoms with E-state index in [2.05, 4.69) is 17.2 Å². The van der Waals surface area contributed by atoms with Crippen molar-refractivity contribution in [2.45, 2.75) is 25.8 Å². The second kappa shape index (κ2) is 7.56. The molecule has 1 aromatic carbocycles.